The molecule has 2 aliphatic heterocycles. The van der Waals surface area contributed by atoms with Crippen LogP contribution in [0.3, 0.4) is 0 Å². The molecular weight excluding hydrogens is 252 g/mol. The molecule has 2 saturated heterocycles. The lowest BCUT2D eigenvalue weighted by Gasteiger charge is -2.49. The van der Waals surface area contributed by atoms with Gasteiger partial charge in [0, 0.05) is 6.04 Å². The lowest BCUT2D eigenvalue weighted by atomic mass is 9.82. The van der Waals surface area contributed by atoms with Crippen molar-refractivity contribution in [1.82, 2.24) is 4.90 Å². The number of rotatable bonds is 4. The number of carboxylic acids is 1. The lowest BCUT2D eigenvalue weighted by Crippen LogP contribution is -2.67. The van der Waals surface area contributed by atoms with Crippen LogP contribution in [0.15, 0.2) is 0 Å². The van der Waals surface area contributed by atoms with Crippen molar-refractivity contribution in [3.63, 3.8) is 0 Å². The number of nitrogens with two attached hydrogens (primary N) is 1. The maximum absolute atomic E-state index is 12.4. The minimum atomic E-state index is -1.01. The summed E-state index contributed by atoms with van der Waals surface area (Å²) in [5.41, 5.74) is 4.65. The molecule has 1 amide bonds. The summed E-state index contributed by atoms with van der Waals surface area (Å²) in [6, 6.07) is -0.299. The Hall–Kier alpha value is -1.18. The summed E-state index contributed by atoms with van der Waals surface area (Å²) in [7, 11) is 0. The molecule has 0 saturated carbocycles. The van der Waals surface area contributed by atoms with Crippen LogP contribution in [-0.2, 0) is 19.1 Å². The predicted molar refractivity (Wildman–Crippen MR) is 65.5 cm³/mol. The Bertz CT molecular complexity index is 394. The van der Waals surface area contributed by atoms with Crippen LogP contribution >= 0.6 is 0 Å². The lowest BCUT2D eigenvalue weighted by molar-refractivity contribution is -0.179. The van der Waals surface area contributed by atoms with Crippen LogP contribution in [0.4, 0.5) is 0 Å². The van der Waals surface area contributed by atoms with E-state index in [1.165, 1.54) is 0 Å². The van der Waals surface area contributed by atoms with Gasteiger partial charge in [0.15, 0.2) is 0 Å². The van der Waals surface area contributed by atoms with Gasteiger partial charge in [-0.15, -0.1) is 0 Å². The third kappa shape index (κ3) is 2.58. The maximum Gasteiger partial charge on any atom is 0.329 e. The first kappa shape index (κ1) is 14.2. The van der Waals surface area contributed by atoms with E-state index < -0.39 is 17.0 Å². The van der Waals surface area contributed by atoms with Crippen molar-refractivity contribution in [3.05, 3.63) is 0 Å². The van der Waals surface area contributed by atoms with E-state index in [4.69, 9.17) is 20.3 Å². The minimum Gasteiger partial charge on any atom is -0.480 e. The molecule has 0 aromatic heterocycles. The van der Waals surface area contributed by atoms with Crippen molar-refractivity contribution in [2.75, 3.05) is 32.9 Å². The van der Waals surface area contributed by atoms with Gasteiger partial charge in [-0.1, -0.05) is 0 Å². The van der Waals surface area contributed by atoms with Gasteiger partial charge in [-0.3, -0.25) is 4.79 Å². The molecule has 108 valence electrons. The van der Waals surface area contributed by atoms with Crippen molar-refractivity contribution in [2.24, 2.45) is 11.1 Å². The molecule has 19 heavy (non-hydrogen) atoms. The van der Waals surface area contributed by atoms with E-state index >= 15 is 0 Å². The van der Waals surface area contributed by atoms with Crippen molar-refractivity contribution in [3.8, 4) is 0 Å². The van der Waals surface area contributed by atoms with Crippen LogP contribution in [0.2, 0.25) is 0 Å². The third-order valence-electron chi connectivity index (χ3n) is 3.89. The molecule has 2 aliphatic rings. The fourth-order valence-corrected chi connectivity index (χ4v) is 2.50. The van der Waals surface area contributed by atoms with Crippen LogP contribution in [-0.4, -0.2) is 66.4 Å². The normalized spacial score (nSPS) is 33.0. The SMILES string of the molecule is CC1(OCC(=O)O)CN(C(=O)C2(C)COCC2N)C1. The second-order valence-electron chi connectivity index (χ2n) is 5.83. The van der Waals surface area contributed by atoms with Gasteiger partial charge >= 0.3 is 5.97 Å². The summed E-state index contributed by atoms with van der Waals surface area (Å²) in [5, 5.41) is 8.58. The Morgan fingerprint density at radius 1 is 1.47 bits per heavy atom. The number of likely N-dealkylation sites (tertiary alicyclic amines) is 1. The summed E-state index contributed by atoms with van der Waals surface area (Å²) in [4.78, 5) is 24.5. The van der Waals surface area contributed by atoms with Gasteiger partial charge in [0.05, 0.1) is 31.7 Å². The summed E-state index contributed by atoms with van der Waals surface area (Å²) < 4.78 is 10.5. The Morgan fingerprint density at radius 3 is 2.58 bits per heavy atom. The van der Waals surface area contributed by atoms with Gasteiger partial charge in [-0.05, 0) is 13.8 Å². The highest BCUT2D eigenvalue weighted by Crippen LogP contribution is 2.34. The van der Waals surface area contributed by atoms with Gasteiger partial charge in [-0.25, -0.2) is 4.79 Å². The van der Waals surface area contributed by atoms with Gasteiger partial charge in [-0.2, -0.15) is 0 Å². The smallest absolute Gasteiger partial charge is 0.329 e. The zero-order valence-electron chi connectivity index (χ0n) is 11.2. The topological polar surface area (TPSA) is 102 Å². The Labute approximate surface area is 111 Å². The van der Waals surface area contributed by atoms with E-state index in [0.29, 0.717) is 26.3 Å². The number of carbonyl (C=O) groups is 2. The van der Waals surface area contributed by atoms with E-state index in [1.807, 2.05) is 0 Å². The van der Waals surface area contributed by atoms with Gasteiger partial charge in [0.1, 0.15) is 12.2 Å². The molecule has 3 N–H and O–H groups in total. The maximum atomic E-state index is 12.4. The largest absolute Gasteiger partial charge is 0.480 e. The van der Waals surface area contributed by atoms with Crippen molar-refractivity contribution in [2.45, 2.75) is 25.5 Å². The summed E-state index contributed by atoms with van der Waals surface area (Å²) >= 11 is 0. The second kappa shape index (κ2) is 4.73. The highest BCUT2D eigenvalue weighted by Gasteiger charge is 2.52. The molecule has 2 atom stereocenters. The number of carbonyl (C=O) groups excluding carboxylic acids is 1. The fraction of sp³-hybridized carbons (Fsp3) is 0.833. The summed E-state index contributed by atoms with van der Waals surface area (Å²) in [6.07, 6.45) is 0. The molecule has 2 fully saturated rings. The molecule has 2 heterocycles. The van der Waals surface area contributed by atoms with Gasteiger partial charge in [0.2, 0.25) is 5.91 Å². The van der Waals surface area contributed by atoms with Crippen molar-refractivity contribution < 1.29 is 24.2 Å². The van der Waals surface area contributed by atoms with E-state index in [0.717, 1.165) is 0 Å². The number of hydrogen-bond donors (Lipinski definition) is 2. The predicted octanol–water partition coefficient (Wildman–Crippen LogP) is -0.948. The molecular formula is C12H20N2O5. The first-order valence-corrected chi connectivity index (χ1v) is 6.25. The molecule has 7 nitrogen and oxygen atoms in total. The van der Waals surface area contributed by atoms with Gasteiger partial charge < -0.3 is 25.2 Å². The first-order valence-electron chi connectivity index (χ1n) is 6.25. The molecule has 0 aromatic rings. The quantitative estimate of drug-likeness (QED) is 0.684. The summed E-state index contributed by atoms with van der Waals surface area (Å²) in [6.45, 7) is 4.76. The second-order valence-corrected chi connectivity index (χ2v) is 5.83. The van der Waals surface area contributed by atoms with Crippen molar-refractivity contribution >= 4 is 11.9 Å². The van der Waals surface area contributed by atoms with E-state index in [1.54, 1.807) is 18.7 Å². The number of ether oxygens (including phenoxy) is 2. The molecule has 0 spiro atoms. The molecule has 7 heteroatoms. The molecule has 2 rings (SSSR count). The summed E-state index contributed by atoms with van der Waals surface area (Å²) in [5.74, 6) is -1.06. The molecule has 0 bridgehead atoms. The van der Waals surface area contributed by atoms with Crippen LogP contribution < -0.4 is 5.73 Å². The number of aliphatic carboxylic acids is 1. The van der Waals surface area contributed by atoms with E-state index in [2.05, 4.69) is 0 Å². The first-order chi connectivity index (χ1) is 8.77. The number of amides is 1. The zero-order valence-corrected chi connectivity index (χ0v) is 11.2. The molecule has 2 unspecified atom stereocenters. The van der Waals surface area contributed by atoms with Crippen LogP contribution in [0, 0.1) is 5.41 Å². The number of nitrogens with zero attached hydrogens (tertiary/aromatic N) is 1. The monoisotopic (exact) mass is 272 g/mol. The molecule has 0 aromatic carbocycles. The van der Waals surface area contributed by atoms with Crippen molar-refractivity contribution in [1.29, 1.82) is 0 Å². The number of carboxylic acid groups (broad SMARTS) is 1. The fourth-order valence-electron chi connectivity index (χ4n) is 2.50. The van der Waals surface area contributed by atoms with E-state index in [9.17, 15) is 9.59 Å². The van der Waals surface area contributed by atoms with Crippen LogP contribution in [0.25, 0.3) is 0 Å². The third-order valence-corrected chi connectivity index (χ3v) is 3.89. The highest BCUT2D eigenvalue weighted by molar-refractivity contribution is 5.84. The Morgan fingerprint density at radius 2 is 2.11 bits per heavy atom. The van der Waals surface area contributed by atoms with Gasteiger partial charge in [0.25, 0.3) is 0 Å². The Balaban J connectivity index is 1.89. The average Bonchev–Trinajstić information content (AvgIpc) is 2.64. The van der Waals surface area contributed by atoms with Crippen LogP contribution in [0.1, 0.15) is 13.8 Å². The van der Waals surface area contributed by atoms with E-state index in [-0.39, 0.29) is 18.6 Å². The minimum absolute atomic E-state index is 0.0473. The highest BCUT2D eigenvalue weighted by atomic mass is 16.5. The standard InChI is InChI=1S/C12H20N2O5/c1-11(19-4-9(15)16)5-14(6-11)10(17)12(2)7-18-3-8(12)13/h8H,3-7,13H2,1-2H3,(H,15,16). The molecule has 0 radical (unpaired) electrons. The number of hydrogen-bond acceptors (Lipinski definition) is 5. The average molecular weight is 272 g/mol. The van der Waals surface area contributed by atoms with Crippen LogP contribution in [0.5, 0.6) is 0 Å². The molecule has 0 aliphatic carbocycles. The Kier molecular flexibility index (Phi) is 3.55. The zero-order chi connectivity index (χ0) is 14.3.